The van der Waals surface area contributed by atoms with Gasteiger partial charge < -0.3 is 5.32 Å². The Kier molecular flexibility index (Phi) is 2.88. The molecule has 2 fully saturated rings. The number of rotatable bonds is 2. The second kappa shape index (κ2) is 4.32. The van der Waals surface area contributed by atoms with Crippen molar-refractivity contribution in [1.82, 2.24) is 10.3 Å². The van der Waals surface area contributed by atoms with Crippen LogP contribution in [0, 0.1) is 12.3 Å². The molecule has 1 N–H and O–H groups in total. The quantitative estimate of drug-likeness (QED) is 0.885. The normalized spacial score (nSPS) is 33.2. The van der Waals surface area contributed by atoms with Crippen molar-refractivity contribution in [3.63, 3.8) is 0 Å². The van der Waals surface area contributed by atoms with E-state index in [2.05, 4.69) is 17.2 Å². The summed E-state index contributed by atoms with van der Waals surface area (Å²) in [6.45, 7) is 4.29. The number of carbonyl (C=O) groups excluding carboxylic acids is 1. The number of fused-ring (bicyclic) bond motifs is 2. The molecule has 1 aromatic rings. The van der Waals surface area contributed by atoms with Gasteiger partial charge in [-0.15, -0.1) is 0 Å². The van der Waals surface area contributed by atoms with E-state index in [9.17, 15) is 4.79 Å². The molecule has 3 rings (SSSR count). The molecule has 1 amide bonds. The fourth-order valence-corrected chi connectivity index (χ4v) is 3.96. The molecule has 1 aromatic heterocycles. The molecule has 1 heterocycles. The highest BCUT2D eigenvalue weighted by atomic mass is 16.2. The second-order valence-corrected chi connectivity index (χ2v) is 6.74. The van der Waals surface area contributed by atoms with E-state index in [0.29, 0.717) is 11.1 Å². The first-order valence-corrected chi connectivity index (χ1v) is 7.27. The van der Waals surface area contributed by atoms with E-state index in [1.807, 2.05) is 19.1 Å². The maximum absolute atomic E-state index is 12.4. The van der Waals surface area contributed by atoms with Crippen molar-refractivity contribution in [2.75, 3.05) is 0 Å². The van der Waals surface area contributed by atoms with Crippen molar-refractivity contribution < 1.29 is 4.79 Å². The van der Waals surface area contributed by atoms with Crippen molar-refractivity contribution >= 4 is 5.91 Å². The monoisotopic (exact) mass is 258 g/mol. The smallest absolute Gasteiger partial charge is 0.270 e. The maximum Gasteiger partial charge on any atom is 0.270 e. The van der Waals surface area contributed by atoms with Crippen LogP contribution in [0.1, 0.15) is 61.6 Å². The average Bonchev–Trinajstić information content (AvgIpc) is 2.59. The van der Waals surface area contributed by atoms with Crippen LogP contribution in [0.3, 0.4) is 0 Å². The Morgan fingerprint density at radius 1 is 1.26 bits per heavy atom. The van der Waals surface area contributed by atoms with Crippen molar-refractivity contribution in [2.45, 2.75) is 57.9 Å². The summed E-state index contributed by atoms with van der Waals surface area (Å²) in [6.07, 6.45) is 7.18. The molecule has 2 saturated carbocycles. The highest BCUT2D eigenvalue weighted by Gasteiger charge is 2.49. The van der Waals surface area contributed by atoms with Crippen LogP contribution in [0.25, 0.3) is 0 Å². The van der Waals surface area contributed by atoms with Crippen molar-refractivity contribution in [3.05, 3.63) is 29.6 Å². The first-order valence-electron chi connectivity index (χ1n) is 7.27. The predicted octanol–water partition coefficient (Wildman–Crippen LogP) is 3.23. The Bertz CT molecular complexity index is 513. The zero-order chi connectivity index (χ0) is 13.5. The van der Waals surface area contributed by atoms with E-state index >= 15 is 0 Å². The number of aromatic nitrogens is 1. The number of pyridine rings is 1. The van der Waals surface area contributed by atoms with Gasteiger partial charge in [-0.1, -0.05) is 19.4 Å². The number of aryl methyl sites for hydroxylation is 1. The lowest BCUT2D eigenvalue weighted by molar-refractivity contribution is 0.0856. The predicted molar refractivity (Wildman–Crippen MR) is 75.0 cm³/mol. The molecule has 3 nitrogen and oxygen atoms in total. The molecule has 2 atom stereocenters. The third kappa shape index (κ3) is 2.38. The molecule has 2 bridgehead atoms. The van der Waals surface area contributed by atoms with Gasteiger partial charge in [-0.2, -0.15) is 0 Å². The molecule has 3 heteroatoms. The van der Waals surface area contributed by atoms with Crippen LogP contribution < -0.4 is 5.32 Å². The van der Waals surface area contributed by atoms with E-state index < -0.39 is 0 Å². The summed E-state index contributed by atoms with van der Waals surface area (Å²) in [6, 6.07) is 5.62. The molecule has 2 aliphatic carbocycles. The van der Waals surface area contributed by atoms with Gasteiger partial charge >= 0.3 is 0 Å². The summed E-state index contributed by atoms with van der Waals surface area (Å²) in [5.41, 5.74) is 1.93. The minimum absolute atomic E-state index is 0.00477. The summed E-state index contributed by atoms with van der Waals surface area (Å²) < 4.78 is 0. The van der Waals surface area contributed by atoms with Crippen molar-refractivity contribution in [2.24, 2.45) is 5.41 Å². The summed E-state index contributed by atoms with van der Waals surface area (Å²) in [5.74, 6) is -0.00477. The molecule has 0 aliphatic heterocycles. The molecular weight excluding hydrogens is 236 g/mol. The Labute approximate surface area is 114 Å². The molecule has 0 spiro atoms. The zero-order valence-corrected chi connectivity index (χ0v) is 11.8. The average molecular weight is 258 g/mol. The molecule has 0 unspecified atom stereocenters. The molecule has 0 aromatic carbocycles. The number of nitrogens with one attached hydrogen (secondary N) is 1. The van der Waals surface area contributed by atoms with Gasteiger partial charge in [0.05, 0.1) is 0 Å². The summed E-state index contributed by atoms with van der Waals surface area (Å²) >= 11 is 0. The summed E-state index contributed by atoms with van der Waals surface area (Å²) in [5, 5.41) is 3.29. The maximum atomic E-state index is 12.4. The van der Waals surface area contributed by atoms with Gasteiger partial charge in [-0.05, 0) is 56.6 Å². The number of nitrogens with zero attached hydrogens (tertiary/aromatic N) is 1. The Morgan fingerprint density at radius 3 is 2.89 bits per heavy atom. The number of amides is 1. The zero-order valence-electron chi connectivity index (χ0n) is 11.8. The van der Waals surface area contributed by atoms with Gasteiger partial charge in [0.15, 0.2) is 0 Å². The van der Waals surface area contributed by atoms with Gasteiger partial charge in [0, 0.05) is 11.2 Å². The third-order valence-electron chi connectivity index (χ3n) is 4.91. The highest BCUT2D eigenvalue weighted by Crippen LogP contribution is 2.53. The largest absolute Gasteiger partial charge is 0.345 e. The van der Waals surface area contributed by atoms with Gasteiger partial charge in [0.1, 0.15) is 5.69 Å². The van der Waals surface area contributed by atoms with E-state index in [-0.39, 0.29) is 11.4 Å². The van der Waals surface area contributed by atoms with E-state index in [1.165, 1.54) is 19.3 Å². The lowest BCUT2D eigenvalue weighted by atomic mass is 9.74. The standard InChI is InChI=1S/C16H22N2O/c1-12-5-3-6-13(17-12)14(19)18-16-8-4-7-15(2,11-16)9-10-16/h3,5-6H,4,7-11H2,1-2H3,(H,18,19)/t15-,16-/m1/s1. The first kappa shape index (κ1) is 12.6. The molecular formula is C16H22N2O. The molecule has 2 aliphatic rings. The minimum atomic E-state index is -0.00477. The molecule has 0 radical (unpaired) electrons. The lowest BCUT2D eigenvalue weighted by Gasteiger charge is -2.38. The Balaban J connectivity index is 1.77. The van der Waals surface area contributed by atoms with Gasteiger partial charge in [0.25, 0.3) is 5.91 Å². The highest BCUT2D eigenvalue weighted by molar-refractivity contribution is 5.92. The van der Waals surface area contributed by atoms with Crippen molar-refractivity contribution in [1.29, 1.82) is 0 Å². The fraction of sp³-hybridized carbons (Fsp3) is 0.625. The number of hydrogen-bond acceptors (Lipinski definition) is 2. The molecule has 19 heavy (non-hydrogen) atoms. The van der Waals surface area contributed by atoms with Crippen LogP contribution in [0.2, 0.25) is 0 Å². The number of hydrogen-bond donors (Lipinski definition) is 1. The summed E-state index contributed by atoms with van der Waals surface area (Å²) in [4.78, 5) is 16.7. The summed E-state index contributed by atoms with van der Waals surface area (Å²) in [7, 11) is 0. The Hall–Kier alpha value is -1.38. The van der Waals surface area contributed by atoms with Crippen LogP contribution in [0.4, 0.5) is 0 Å². The van der Waals surface area contributed by atoms with Crippen LogP contribution in [-0.2, 0) is 0 Å². The van der Waals surface area contributed by atoms with Gasteiger partial charge in [-0.3, -0.25) is 4.79 Å². The third-order valence-corrected chi connectivity index (χ3v) is 4.91. The second-order valence-electron chi connectivity index (χ2n) is 6.74. The molecule has 102 valence electrons. The Morgan fingerprint density at radius 2 is 2.11 bits per heavy atom. The lowest BCUT2D eigenvalue weighted by Crippen LogP contribution is -2.49. The van der Waals surface area contributed by atoms with Gasteiger partial charge in [0.2, 0.25) is 0 Å². The van der Waals surface area contributed by atoms with Crippen LogP contribution >= 0.6 is 0 Å². The molecule has 0 saturated heterocycles. The van der Waals surface area contributed by atoms with Crippen molar-refractivity contribution in [3.8, 4) is 0 Å². The SMILES string of the molecule is Cc1cccc(C(=O)N[C@]23CCC[C@](C)(CC2)C3)n1. The van der Waals surface area contributed by atoms with E-state index in [0.717, 1.165) is 25.0 Å². The minimum Gasteiger partial charge on any atom is -0.345 e. The van der Waals surface area contributed by atoms with E-state index in [1.54, 1.807) is 6.07 Å². The van der Waals surface area contributed by atoms with E-state index in [4.69, 9.17) is 0 Å². The fourth-order valence-electron chi connectivity index (χ4n) is 3.96. The van der Waals surface area contributed by atoms with Crippen LogP contribution in [0.15, 0.2) is 18.2 Å². The first-order chi connectivity index (χ1) is 9.00. The van der Waals surface area contributed by atoms with Gasteiger partial charge in [-0.25, -0.2) is 4.98 Å². The van der Waals surface area contributed by atoms with Crippen LogP contribution in [-0.4, -0.2) is 16.4 Å². The topological polar surface area (TPSA) is 42.0 Å². The van der Waals surface area contributed by atoms with Crippen LogP contribution in [0.5, 0.6) is 0 Å². The number of carbonyl (C=O) groups is 1.